The van der Waals surface area contributed by atoms with Gasteiger partial charge >= 0.3 is 0 Å². The molecule has 1 saturated heterocycles. The molecule has 0 N–H and O–H groups in total. The molecule has 2 aromatic carbocycles. The second-order valence-corrected chi connectivity index (χ2v) is 7.00. The Morgan fingerprint density at radius 3 is 2.25 bits per heavy atom. The van der Waals surface area contributed by atoms with E-state index < -0.39 is 0 Å². The summed E-state index contributed by atoms with van der Waals surface area (Å²) in [6.07, 6.45) is 3.55. The summed E-state index contributed by atoms with van der Waals surface area (Å²) >= 11 is 6.67. The standard InChI is InChI=1S/C19H15NO2S2/c1-2-13-7-9-16(10-8-13)20-18(22)17(24-19(20)23)11-14-3-5-15(12-21)6-4-14/h3-12H,2H2,1H3/b17-11+. The van der Waals surface area contributed by atoms with E-state index in [1.165, 1.54) is 17.3 Å². The third-order valence-electron chi connectivity index (χ3n) is 3.77. The van der Waals surface area contributed by atoms with Gasteiger partial charge in [-0.25, -0.2) is 0 Å². The smallest absolute Gasteiger partial charge is 0.270 e. The topological polar surface area (TPSA) is 37.4 Å². The van der Waals surface area contributed by atoms with E-state index in [0.717, 1.165) is 24.0 Å². The average Bonchev–Trinajstić information content (AvgIpc) is 2.89. The number of anilines is 1. The summed E-state index contributed by atoms with van der Waals surface area (Å²) in [5.41, 5.74) is 3.47. The number of carbonyl (C=O) groups is 2. The molecule has 1 aliphatic heterocycles. The van der Waals surface area contributed by atoms with Crippen LogP contribution in [0.2, 0.25) is 0 Å². The first kappa shape index (κ1) is 16.6. The summed E-state index contributed by atoms with van der Waals surface area (Å²) in [6, 6.07) is 14.9. The molecule has 24 heavy (non-hydrogen) atoms. The highest BCUT2D eigenvalue weighted by Gasteiger charge is 2.33. The summed E-state index contributed by atoms with van der Waals surface area (Å²) in [4.78, 5) is 25.5. The van der Waals surface area contributed by atoms with Crippen molar-refractivity contribution in [3.63, 3.8) is 0 Å². The molecule has 3 nitrogen and oxygen atoms in total. The molecular weight excluding hydrogens is 338 g/mol. The Balaban J connectivity index is 1.87. The number of amides is 1. The first-order valence-electron chi connectivity index (χ1n) is 7.54. The molecule has 0 saturated carbocycles. The van der Waals surface area contributed by atoms with Crippen molar-refractivity contribution in [2.45, 2.75) is 13.3 Å². The van der Waals surface area contributed by atoms with Gasteiger partial charge in [-0.05, 0) is 35.8 Å². The van der Waals surface area contributed by atoms with Crippen LogP contribution in [0.3, 0.4) is 0 Å². The largest absolute Gasteiger partial charge is 0.298 e. The van der Waals surface area contributed by atoms with Crippen LogP contribution >= 0.6 is 24.0 Å². The fourth-order valence-electron chi connectivity index (χ4n) is 2.39. The fourth-order valence-corrected chi connectivity index (χ4v) is 3.69. The lowest BCUT2D eigenvalue weighted by Gasteiger charge is -2.14. The first-order chi connectivity index (χ1) is 11.6. The zero-order valence-electron chi connectivity index (χ0n) is 13.1. The van der Waals surface area contributed by atoms with Crippen molar-refractivity contribution in [1.29, 1.82) is 0 Å². The second-order valence-electron chi connectivity index (χ2n) is 5.32. The van der Waals surface area contributed by atoms with Gasteiger partial charge in [0.1, 0.15) is 6.29 Å². The third-order valence-corrected chi connectivity index (χ3v) is 5.07. The van der Waals surface area contributed by atoms with Crippen LogP contribution in [-0.2, 0) is 11.2 Å². The van der Waals surface area contributed by atoms with Gasteiger partial charge in [0.25, 0.3) is 5.91 Å². The van der Waals surface area contributed by atoms with Gasteiger partial charge in [-0.3, -0.25) is 14.5 Å². The molecule has 1 fully saturated rings. The Labute approximate surface area is 150 Å². The molecule has 120 valence electrons. The van der Waals surface area contributed by atoms with Crippen LogP contribution in [0.15, 0.2) is 53.4 Å². The molecule has 0 spiro atoms. The Kier molecular flexibility index (Phi) is 4.92. The van der Waals surface area contributed by atoms with Crippen LogP contribution in [0.4, 0.5) is 5.69 Å². The van der Waals surface area contributed by atoms with Crippen LogP contribution in [0.5, 0.6) is 0 Å². The Hall–Kier alpha value is -2.24. The number of aldehydes is 1. The lowest BCUT2D eigenvalue weighted by molar-refractivity contribution is -0.113. The van der Waals surface area contributed by atoms with Crippen molar-refractivity contribution in [2.24, 2.45) is 0 Å². The van der Waals surface area contributed by atoms with Crippen molar-refractivity contribution in [1.82, 2.24) is 0 Å². The Bertz CT molecular complexity index is 823. The summed E-state index contributed by atoms with van der Waals surface area (Å²) < 4.78 is 0.528. The number of hydrogen-bond donors (Lipinski definition) is 0. The number of nitrogens with zero attached hydrogens (tertiary/aromatic N) is 1. The predicted molar refractivity (Wildman–Crippen MR) is 103 cm³/mol. The monoisotopic (exact) mass is 353 g/mol. The van der Waals surface area contributed by atoms with Gasteiger partial charge in [0.05, 0.1) is 10.6 Å². The Morgan fingerprint density at radius 2 is 1.67 bits per heavy atom. The van der Waals surface area contributed by atoms with Crippen LogP contribution in [0.1, 0.15) is 28.4 Å². The number of rotatable bonds is 4. The van der Waals surface area contributed by atoms with Crippen LogP contribution < -0.4 is 4.90 Å². The number of benzene rings is 2. The molecule has 1 amide bonds. The molecular formula is C19H15NO2S2. The maximum absolute atomic E-state index is 12.7. The SMILES string of the molecule is CCc1ccc(N2C(=O)/C(=C\c3ccc(C=O)cc3)SC2=S)cc1. The van der Waals surface area contributed by atoms with E-state index in [1.807, 2.05) is 36.4 Å². The zero-order valence-corrected chi connectivity index (χ0v) is 14.7. The highest BCUT2D eigenvalue weighted by atomic mass is 32.2. The summed E-state index contributed by atoms with van der Waals surface area (Å²) in [5, 5.41) is 0. The quantitative estimate of drug-likeness (QED) is 0.462. The highest BCUT2D eigenvalue weighted by Crippen LogP contribution is 2.36. The number of carbonyl (C=O) groups excluding carboxylic acids is 2. The van der Waals surface area contributed by atoms with E-state index in [9.17, 15) is 9.59 Å². The van der Waals surface area contributed by atoms with Crippen molar-refractivity contribution < 1.29 is 9.59 Å². The number of thiocarbonyl (C=S) groups is 1. The van der Waals surface area contributed by atoms with Crippen LogP contribution in [-0.4, -0.2) is 16.5 Å². The predicted octanol–water partition coefficient (Wildman–Crippen LogP) is 4.47. The van der Waals surface area contributed by atoms with E-state index in [2.05, 4.69) is 6.92 Å². The molecule has 0 atom stereocenters. The molecule has 1 heterocycles. The van der Waals surface area contributed by atoms with Gasteiger partial charge in [0, 0.05) is 5.56 Å². The molecule has 1 aliphatic rings. The van der Waals surface area contributed by atoms with Gasteiger partial charge in [0.2, 0.25) is 0 Å². The lowest BCUT2D eigenvalue weighted by atomic mass is 10.1. The molecule has 2 aromatic rings. The van der Waals surface area contributed by atoms with E-state index in [-0.39, 0.29) is 5.91 Å². The molecule has 0 aliphatic carbocycles. The number of hydrogen-bond acceptors (Lipinski definition) is 4. The Morgan fingerprint density at radius 1 is 1.04 bits per heavy atom. The first-order valence-corrected chi connectivity index (χ1v) is 8.77. The molecule has 0 radical (unpaired) electrons. The lowest BCUT2D eigenvalue weighted by Crippen LogP contribution is -2.27. The van der Waals surface area contributed by atoms with E-state index in [1.54, 1.807) is 23.1 Å². The van der Waals surface area contributed by atoms with Crippen LogP contribution in [0.25, 0.3) is 6.08 Å². The third kappa shape index (κ3) is 3.32. The van der Waals surface area contributed by atoms with Crippen molar-refractivity contribution >= 4 is 52.3 Å². The second kappa shape index (κ2) is 7.11. The van der Waals surface area contributed by atoms with Gasteiger partial charge in [-0.2, -0.15) is 0 Å². The maximum atomic E-state index is 12.7. The van der Waals surface area contributed by atoms with Gasteiger partial charge in [-0.1, -0.05) is 67.3 Å². The molecule has 0 bridgehead atoms. The van der Waals surface area contributed by atoms with Crippen molar-refractivity contribution in [3.05, 3.63) is 70.1 Å². The fraction of sp³-hybridized carbons (Fsp3) is 0.105. The summed E-state index contributed by atoms with van der Waals surface area (Å²) in [7, 11) is 0. The van der Waals surface area contributed by atoms with E-state index >= 15 is 0 Å². The molecule has 0 aromatic heterocycles. The summed E-state index contributed by atoms with van der Waals surface area (Å²) in [6.45, 7) is 2.09. The van der Waals surface area contributed by atoms with Gasteiger partial charge in [0.15, 0.2) is 4.32 Å². The average molecular weight is 353 g/mol. The minimum Gasteiger partial charge on any atom is -0.298 e. The zero-order chi connectivity index (χ0) is 17.1. The molecule has 3 rings (SSSR count). The number of aryl methyl sites for hydroxylation is 1. The van der Waals surface area contributed by atoms with Crippen molar-refractivity contribution in [3.8, 4) is 0 Å². The minimum atomic E-state index is -0.117. The number of thioether (sulfide) groups is 1. The van der Waals surface area contributed by atoms with Gasteiger partial charge < -0.3 is 0 Å². The van der Waals surface area contributed by atoms with E-state index in [4.69, 9.17) is 12.2 Å². The maximum Gasteiger partial charge on any atom is 0.270 e. The van der Waals surface area contributed by atoms with Crippen LogP contribution in [0, 0.1) is 0 Å². The molecule has 5 heteroatoms. The minimum absolute atomic E-state index is 0.117. The normalized spacial score (nSPS) is 16.0. The summed E-state index contributed by atoms with van der Waals surface area (Å²) in [5.74, 6) is -0.117. The van der Waals surface area contributed by atoms with E-state index in [0.29, 0.717) is 14.8 Å². The highest BCUT2D eigenvalue weighted by molar-refractivity contribution is 8.27. The molecule has 0 unspecified atom stereocenters. The van der Waals surface area contributed by atoms with Gasteiger partial charge in [-0.15, -0.1) is 0 Å². The van der Waals surface area contributed by atoms with Crippen molar-refractivity contribution in [2.75, 3.05) is 4.90 Å².